The summed E-state index contributed by atoms with van der Waals surface area (Å²) in [5, 5.41) is 0. The first-order valence-corrected chi connectivity index (χ1v) is 11.5. The lowest BCUT2D eigenvalue weighted by molar-refractivity contribution is 0.0983. The molecule has 168 valence electrons. The number of nitrogens with zero attached hydrogens (tertiary/aromatic N) is 2. The van der Waals surface area contributed by atoms with Gasteiger partial charge in [0.1, 0.15) is 11.6 Å². The highest BCUT2D eigenvalue weighted by molar-refractivity contribution is 7.89. The Hall–Kier alpha value is -3.17. The molecule has 2 aromatic carbocycles. The van der Waals surface area contributed by atoms with Crippen molar-refractivity contribution in [1.29, 1.82) is 0 Å². The summed E-state index contributed by atoms with van der Waals surface area (Å²) >= 11 is 0. The summed E-state index contributed by atoms with van der Waals surface area (Å²) in [5.74, 6) is -2.24. The third-order valence-corrected chi connectivity index (χ3v) is 6.48. The van der Waals surface area contributed by atoms with Gasteiger partial charge in [0.15, 0.2) is 0 Å². The molecule has 9 heteroatoms. The van der Waals surface area contributed by atoms with Crippen molar-refractivity contribution >= 4 is 21.6 Å². The standard InChI is InChI=1S/C23H23F2N3O3S/c1-3-16(2)27-32(30,31)20-10-7-17(8-11-20)23(29)28(15-19-6-4-5-13-26-19)22-12-9-18(24)14-21(22)25/h4-14,16,27H,3,15H2,1-2H3. The molecule has 0 radical (unpaired) electrons. The van der Waals surface area contributed by atoms with Crippen molar-refractivity contribution in [3.63, 3.8) is 0 Å². The molecule has 3 aromatic rings. The molecular weight excluding hydrogens is 436 g/mol. The van der Waals surface area contributed by atoms with Gasteiger partial charge in [0, 0.05) is 23.9 Å². The molecule has 0 aliphatic carbocycles. The van der Waals surface area contributed by atoms with Crippen molar-refractivity contribution in [2.75, 3.05) is 4.90 Å². The lowest BCUT2D eigenvalue weighted by Crippen LogP contribution is -2.33. The van der Waals surface area contributed by atoms with Gasteiger partial charge in [0.05, 0.1) is 22.8 Å². The van der Waals surface area contributed by atoms with E-state index in [0.717, 1.165) is 11.0 Å². The average molecular weight is 460 g/mol. The van der Waals surface area contributed by atoms with Crippen LogP contribution in [0.25, 0.3) is 0 Å². The predicted molar refractivity (Wildman–Crippen MR) is 118 cm³/mol. The molecule has 0 bridgehead atoms. The van der Waals surface area contributed by atoms with E-state index in [-0.39, 0.29) is 28.7 Å². The summed E-state index contributed by atoms with van der Waals surface area (Å²) in [7, 11) is -3.73. The summed E-state index contributed by atoms with van der Waals surface area (Å²) in [4.78, 5) is 18.6. The molecule has 1 heterocycles. The van der Waals surface area contributed by atoms with Crippen LogP contribution in [-0.2, 0) is 16.6 Å². The first-order valence-electron chi connectivity index (χ1n) is 10.0. The molecule has 0 fully saturated rings. The van der Waals surface area contributed by atoms with Gasteiger partial charge in [-0.1, -0.05) is 13.0 Å². The van der Waals surface area contributed by atoms with Gasteiger partial charge < -0.3 is 0 Å². The van der Waals surface area contributed by atoms with E-state index in [9.17, 15) is 22.0 Å². The minimum Gasteiger partial charge on any atom is -0.299 e. The maximum Gasteiger partial charge on any atom is 0.258 e. The van der Waals surface area contributed by atoms with Crippen molar-refractivity contribution in [2.45, 2.75) is 37.8 Å². The molecule has 6 nitrogen and oxygen atoms in total. The summed E-state index contributed by atoms with van der Waals surface area (Å²) in [5.41, 5.74) is 0.533. The normalized spacial score (nSPS) is 12.4. The summed E-state index contributed by atoms with van der Waals surface area (Å²) < 4.78 is 55.4. The van der Waals surface area contributed by atoms with Crippen LogP contribution < -0.4 is 9.62 Å². The number of benzene rings is 2. The zero-order valence-electron chi connectivity index (χ0n) is 17.6. The molecule has 0 spiro atoms. The summed E-state index contributed by atoms with van der Waals surface area (Å²) in [6, 6.07) is 13.2. The van der Waals surface area contributed by atoms with Crippen LogP contribution in [0.3, 0.4) is 0 Å². The van der Waals surface area contributed by atoms with E-state index in [1.54, 1.807) is 31.3 Å². The van der Waals surface area contributed by atoms with E-state index in [1.165, 1.54) is 30.3 Å². The van der Waals surface area contributed by atoms with Gasteiger partial charge in [-0.2, -0.15) is 0 Å². The predicted octanol–water partition coefficient (Wildman–Crippen LogP) is 4.28. The number of halogens is 2. The fourth-order valence-corrected chi connectivity index (χ4v) is 4.30. The molecule has 0 saturated heterocycles. The monoisotopic (exact) mass is 459 g/mol. The minimum absolute atomic E-state index is 0.0126. The highest BCUT2D eigenvalue weighted by Gasteiger charge is 2.23. The second-order valence-corrected chi connectivity index (χ2v) is 8.98. The van der Waals surface area contributed by atoms with E-state index >= 15 is 0 Å². The number of hydrogen-bond donors (Lipinski definition) is 1. The van der Waals surface area contributed by atoms with Crippen LogP contribution in [-0.4, -0.2) is 25.4 Å². The maximum absolute atomic E-state index is 14.5. The van der Waals surface area contributed by atoms with Crippen LogP contribution in [0, 0.1) is 11.6 Å². The lowest BCUT2D eigenvalue weighted by atomic mass is 10.1. The highest BCUT2D eigenvalue weighted by atomic mass is 32.2. The molecule has 1 unspecified atom stereocenters. The first kappa shape index (κ1) is 23.5. The molecule has 0 aliphatic heterocycles. The van der Waals surface area contributed by atoms with Gasteiger partial charge in [-0.15, -0.1) is 0 Å². The number of nitrogens with one attached hydrogen (secondary N) is 1. The third kappa shape index (κ3) is 5.54. The average Bonchev–Trinajstić information content (AvgIpc) is 2.78. The Labute approximate surface area is 186 Å². The minimum atomic E-state index is -3.73. The Kier molecular flexibility index (Phi) is 7.32. The molecule has 1 N–H and O–H groups in total. The Morgan fingerprint density at radius 1 is 1.09 bits per heavy atom. The van der Waals surface area contributed by atoms with Crippen molar-refractivity contribution < 1.29 is 22.0 Å². The number of hydrogen-bond acceptors (Lipinski definition) is 4. The zero-order chi connectivity index (χ0) is 23.3. The fraction of sp³-hybridized carbons (Fsp3) is 0.217. The number of amides is 1. The van der Waals surface area contributed by atoms with Gasteiger partial charge >= 0.3 is 0 Å². The van der Waals surface area contributed by atoms with Crippen LogP contribution in [0.2, 0.25) is 0 Å². The Bertz CT molecular complexity index is 1190. The Morgan fingerprint density at radius 2 is 1.81 bits per heavy atom. The van der Waals surface area contributed by atoms with Crippen LogP contribution >= 0.6 is 0 Å². The van der Waals surface area contributed by atoms with Crippen LogP contribution in [0.1, 0.15) is 36.3 Å². The van der Waals surface area contributed by atoms with Gasteiger partial charge in [-0.05, 0) is 61.9 Å². The lowest BCUT2D eigenvalue weighted by Gasteiger charge is -2.23. The molecule has 1 aromatic heterocycles. The molecule has 0 saturated carbocycles. The van der Waals surface area contributed by atoms with Crippen molar-refractivity contribution in [3.05, 3.63) is 89.8 Å². The summed E-state index contributed by atoms with van der Waals surface area (Å²) in [6.45, 7) is 3.56. The van der Waals surface area contributed by atoms with Crippen LogP contribution in [0.15, 0.2) is 71.8 Å². The second-order valence-electron chi connectivity index (χ2n) is 7.26. The Balaban J connectivity index is 1.94. The third-order valence-electron chi connectivity index (χ3n) is 4.87. The molecule has 1 atom stereocenters. The van der Waals surface area contributed by atoms with Gasteiger partial charge in [0.25, 0.3) is 5.91 Å². The van der Waals surface area contributed by atoms with E-state index in [0.29, 0.717) is 18.2 Å². The maximum atomic E-state index is 14.5. The smallest absolute Gasteiger partial charge is 0.258 e. The quantitative estimate of drug-likeness (QED) is 0.545. The zero-order valence-corrected chi connectivity index (χ0v) is 18.4. The van der Waals surface area contributed by atoms with E-state index < -0.39 is 27.6 Å². The number of carbonyl (C=O) groups excluding carboxylic acids is 1. The number of aromatic nitrogens is 1. The van der Waals surface area contributed by atoms with Gasteiger partial charge in [-0.25, -0.2) is 21.9 Å². The number of sulfonamides is 1. The highest BCUT2D eigenvalue weighted by Crippen LogP contribution is 2.24. The van der Waals surface area contributed by atoms with Crippen molar-refractivity contribution in [1.82, 2.24) is 9.71 Å². The number of pyridine rings is 1. The van der Waals surface area contributed by atoms with Crippen LogP contribution in [0.4, 0.5) is 14.5 Å². The van der Waals surface area contributed by atoms with Gasteiger partial charge in [-0.3, -0.25) is 14.7 Å². The first-order chi connectivity index (χ1) is 15.2. The number of anilines is 1. The largest absolute Gasteiger partial charge is 0.299 e. The summed E-state index contributed by atoms with van der Waals surface area (Å²) in [6.07, 6.45) is 2.17. The fourth-order valence-electron chi connectivity index (χ4n) is 2.97. The molecule has 1 amide bonds. The number of rotatable bonds is 8. The Morgan fingerprint density at radius 3 is 2.41 bits per heavy atom. The molecule has 0 aliphatic rings. The molecular formula is C23H23F2N3O3S. The van der Waals surface area contributed by atoms with E-state index in [2.05, 4.69) is 9.71 Å². The molecule has 32 heavy (non-hydrogen) atoms. The van der Waals surface area contributed by atoms with E-state index in [4.69, 9.17) is 0 Å². The van der Waals surface area contributed by atoms with Crippen molar-refractivity contribution in [2.24, 2.45) is 0 Å². The topological polar surface area (TPSA) is 79.4 Å². The van der Waals surface area contributed by atoms with Gasteiger partial charge in [0.2, 0.25) is 10.0 Å². The SMILES string of the molecule is CCC(C)NS(=O)(=O)c1ccc(C(=O)N(Cc2ccccn2)c2ccc(F)cc2F)cc1. The molecule has 3 rings (SSSR count). The number of carbonyl (C=O) groups is 1. The van der Waals surface area contributed by atoms with E-state index in [1.807, 2.05) is 6.92 Å². The van der Waals surface area contributed by atoms with Crippen molar-refractivity contribution in [3.8, 4) is 0 Å². The second kappa shape index (κ2) is 9.97. The van der Waals surface area contributed by atoms with Crippen LogP contribution in [0.5, 0.6) is 0 Å².